The Morgan fingerprint density at radius 3 is 2.71 bits per heavy atom. The lowest BCUT2D eigenvalue weighted by molar-refractivity contribution is -0.139. The van der Waals surface area contributed by atoms with Crippen LogP contribution in [-0.4, -0.2) is 61.9 Å². The molecule has 24 heavy (non-hydrogen) atoms. The van der Waals surface area contributed by atoms with Crippen molar-refractivity contribution in [2.24, 2.45) is 13.0 Å². The van der Waals surface area contributed by atoms with Crippen LogP contribution in [0, 0.1) is 5.92 Å². The van der Waals surface area contributed by atoms with Crippen LogP contribution in [0.1, 0.15) is 32.1 Å². The van der Waals surface area contributed by atoms with Gasteiger partial charge in [0.15, 0.2) is 0 Å². The highest BCUT2D eigenvalue weighted by atomic mass is 16.4. The number of aliphatic carboxylic acids is 1. The van der Waals surface area contributed by atoms with Crippen LogP contribution in [-0.2, 0) is 21.4 Å². The Balaban J connectivity index is 2.14. The van der Waals surface area contributed by atoms with E-state index >= 15 is 0 Å². The number of aromatic nitrogens is 3. The van der Waals surface area contributed by atoms with Crippen LogP contribution < -0.4 is 10.6 Å². The van der Waals surface area contributed by atoms with Gasteiger partial charge >= 0.3 is 5.97 Å². The van der Waals surface area contributed by atoms with Crippen molar-refractivity contribution in [1.82, 2.24) is 30.5 Å². The van der Waals surface area contributed by atoms with Crippen LogP contribution in [0.2, 0.25) is 0 Å². The highest BCUT2D eigenvalue weighted by Crippen LogP contribution is 2.26. The molecule has 2 atom stereocenters. The molecular weight excluding hydrogens is 316 g/mol. The van der Waals surface area contributed by atoms with E-state index in [-0.39, 0.29) is 12.5 Å². The quantitative estimate of drug-likeness (QED) is 0.573. The molecule has 0 aliphatic carbocycles. The number of hydrogen-bond acceptors (Lipinski definition) is 6. The van der Waals surface area contributed by atoms with Gasteiger partial charge in [-0.1, -0.05) is 19.1 Å². The molecule has 0 spiro atoms. The van der Waals surface area contributed by atoms with Gasteiger partial charge in [-0.15, -0.1) is 5.10 Å². The Labute approximate surface area is 139 Å². The number of hydrogen-bond donors (Lipinski definition) is 3. The van der Waals surface area contributed by atoms with E-state index in [1.54, 1.807) is 13.2 Å². The highest BCUT2D eigenvalue weighted by molar-refractivity contribution is 5.90. The molecule has 2 rings (SSSR count). The topological polar surface area (TPSA) is 129 Å². The van der Waals surface area contributed by atoms with Crippen LogP contribution in [0.3, 0.4) is 0 Å². The molecule has 1 saturated heterocycles. The van der Waals surface area contributed by atoms with Crippen molar-refractivity contribution in [3.63, 3.8) is 0 Å². The second kappa shape index (κ2) is 7.39. The molecule has 10 nitrogen and oxygen atoms in total. The fourth-order valence-corrected chi connectivity index (χ4v) is 2.61. The van der Waals surface area contributed by atoms with Crippen molar-refractivity contribution < 1.29 is 19.5 Å². The molecular formula is C14H22N6O4. The van der Waals surface area contributed by atoms with Crippen LogP contribution >= 0.6 is 0 Å². The number of carboxylic acid groups (broad SMARTS) is 1. The van der Waals surface area contributed by atoms with E-state index in [2.05, 4.69) is 20.9 Å². The van der Waals surface area contributed by atoms with Gasteiger partial charge in [0.2, 0.25) is 11.8 Å². The largest absolute Gasteiger partial charge is 0.480 e. The molecule has 3 N–H and O–H groups in total. The van der Waals surface area contributed by atoms with E-state index in [9.17, 15) is 14.4 Å². The lowest BCUT2D eigenvalue weighted by Gasteiger charge is -2.21. The standard InChI is InChI=1S/C14H22N6O4/c1-8(2)4-9-14(24)20(7-11(21)15-5-12(22)23)13(16-9)10-6-19(3)18-17-10/h6,8-9,13,16H,4-5,7H2,1-3H3,(H,15,21)(H,22,23). The van der Waals surface area contributed by atoms with Crippen LogP contribution in [0.5, 0.6) is 0 Å². The summed E-state index contributed by atoms with van der Waals surface area (Å²) in [5.74, 6) is -1.58. The minimum absolute atomic E-state index is 0.204. The van der Waals surface area contributed by atoms with Crippen molar-refractivity contribution >= 4 is 17.8 Å². The van der Waals surface area contributed by atoms with Gasteiger partial charge in [0.05, 0.1) is 12.2 Å². The van der Waals surface area contributed by atoms with E-state index in [0.29, 0.717) is 18.0 Å². The van der Waals surface area contributed by atoms with Gasteiger partial charge in [0.25, 0.3) is 0 Å². The summed E-state index contributed by atoms with van der Waals surface area (Å²) in [6.45, 7) is 3.29. The Hall–Kier alpha value is -2.49. The van der Waals surface area contributed by atoms with Crippen molar-refractivity contribution in [3.05, 3.63) is 11.9 Å². The molecule has 10 heteroatoms. The van der Waals surface area contributed by atoms with Crippen LogP contribution in [0.15, 0.2) is 6.20 Å². The zero-order valence-corrected chi connectivity index (χ0v) is 13.9. The maximum Gasteiger partial charge on any atom is 0.322 e. The molecule has 132 valence electrons. The number of carbonyl (C=O) groups excluding carboxylic acids is 2. The molecule has 1 aromatic heterocycles. The summed E-state index contributed by atoms with van der Waals surface area (Å²) in [4.78, 5) is 36.4. The molecule has 0 bridgehead atoms. The number of nitrogens with zero attached hydrogens (tertiary/aromatic N) is 4. The molecule has 0 aromatic carbocycles. The third kappa shape index (κ3) is 4.28. The molecule has 0 radical (unpaired) electrons. The second-order valence-electron chi connectivity index (χ2n) is 6.21. The molecule has 2 amide bonds. The fourth-order valence-electron chi connectivity index (χ4n) is 2.61. The number of carbonyl (C=O) groups is 3. The fraction of sp³-hybridized carbons (Fsp3) is 0.643. The summed E-state index contributed by atoms with van der Waals surface area (Å²) < 4.78 is 1.51. The van der Waals surface area contributed by atoms with Crippen molar-refractivity contribution in [3.8, 4) is 0 Å². The molecule has 2 heterocycles. The maximum atomic E-state index is 12.6. The van der Waals surface area contributed by atoms with Crippen molar-refractivity contribution in [2.75, 3.05) is 13.1 Å². The van der Waals surface area contributed by atoms with Gasteiger partial charge in [-0.2, -0.15) is 0 Å². The molecule has 2 unspecified atom stereocenters. The lowest BCUT2D eigenvalue weighted by atomic mass is 10.0. The Kier molecular flexibility index (Phi) is 5.50. The summed E-state index contributed by atoms with van der Waals surface area (Å²) in [6.07, 6.45) is 1.73. The van der Waals surface area contributed by atoms with E-state index < -0.39 is 30.6 Å². The molecule has 1 aromatic rings. The summed E-state index contributed by atoms with van der Waals surface area (Å²) >= 11 is 0. The molecule has 0 saturated carbocycles. The monoisotopic (exact) mass is 338 g/mol. The summed E-state index contributed by atoms with van der Waals surface area (Å²) in [7, 11) is 1.71. The Bertz CT molecular complexity index is 629. The average molecular weight is 338 g/mol. The van der Waals surface area contributed by atoms with Gasteiger partial charge < -0.3 is 15.3 Å². The molecule has 1 aliphatic rings. The van der Waals surface area contributed by atoms with Crippen LogP contribution in [0.4, 0.5) is 0 Å². The third-order valence-electron chi connectivity index (χ3n) is 3.61. The van der Waals surface area contributed by atoms with E-state index in [0.717, 1.165) is 0 Å². The second-order valence-corrected chi connectivity index (χ2v) is 6.21. The average Bonchev–Trinajstić information content (AvgIpc) is 3.03. The van der Waals surface area contributed by atoms with E-state index in [1.807, 2.05) is 13.8 Å². The number of carboxylic acids is 1. The van der Waals surface area contributed by atoms with Gasteiger partial charge in [0, 0.05) is 7.05 Å². The maximum absolute atomic E-state index is 12.6. The van der Waals surface area contributed by atoms with Gasteiger partial charge in [-0.25, -0.2) is 0 Å². The van der Waals surface area contributed by atoms with E-state index in [4.69, 9.17) is 5.11 Å². The molecule has 1 aliphatic heterocycles. The summed E-state index contributed by atoms with van der Waals surface area (Å²) in [6, 6.07) is -0.413. The zero-order valence-electron chi connectivity index (χ0n) is 13.9. The third-order valence-corrected chi connectivity index (χ3v) is 3.61. The predicted octanol–water partition coefficient (Wildman–Crippen LogP) is -1.14. The number of aryl methyl sites for hydroxylation is 1. The SMILES string of the molecule is CC(C)CC1NC(c2cn(C)nn2)N(CC(=O)NCC(=O)O)C1=O. The van der Waals surface area contributed by atoms with Gasteiger partial charge in [-0.05, 0) is 12.3 Å². The summed E-state index contributed by atoms with van der Waals surface area (Å²) in [5, 5.41) is 21.9. The van der Waals surface area contributed by atoms with E-state index in [1.165, 1.54) is 9.58 Å². The highest BCUT2D eigenvalue weighted by Gasteiger charge is 2.41. The first-order valence-electron chi connectivity index (χ1n) is 7.69. The minimum atomic E-state index is -1.14. The number of nitrogens with one attached hydrogen (secondary N) is 2. The first kappa shape index (κ1) is 17.9. The number of amides is 2. The van der Waals surface area contributed by atoms with Crippen LogP contribution in [0.25, 0.3) is 0 Å². The van der Waals surface area contributed by atoms with Crippen molar-refractivity contribution in [2.45, 2.75) is 32.5 Å². The summed E-state index contributed by atoms with van der Waals surface area (Å²) in [5.41, 5.74) is 0.531. The predicted molar refractivity (Wildman–Crippen MR) is 82.5 cm³/mol. The van der Waals surface area contributed by atoms with Gasteiger partial charge in [-0.3, -0.25) is 24.4 Å². The minimum Gasteiger partial charge on any atom is -0.480 e. The Morgan fingerprint density at radius 1 is 1.46 bits per heavy atom. The Morgan fingerprint density at radius 2 is 2.17 bits per heavy atom. The van der Waals surface area contributed by atoms with Crippen molar-refractivity contribution in [1.29, 1.82) is 0 Å². The lowest BCUT2D eigenvalue weighted by Crippen LogP contribution is -2.42. The normalized spacial score (nSPS) is 20.7. The smallest absolute Gasteiger partial charge is 0.322 e. The molecule has 1 fully saturated rings. The first-order valence-corrected chi connectivity index (χ1v) is 7.69. The number of rotatable bonds is 7. The first-order chi connectivity index (χ1) is 11.3. The zero-order chi connectivity index (χ0) is 17.9. The van der Waals surface area contributed by atoms with Gasteiger partial charge in [0.1, 0.15) is 24.9 Å².